The summed E-state index contributed by atoms with van der Waals surface area (Å²) < 4.78 is 3.21. The third kappa shape index (κ3) is 8.72. The highest BCUT2D eigenvalue weighted by molar-refractivity contribution is 6.67. The number of carbonyl (C=O) groups is 1. The number of hydrogen-bond donors (Lipinski definition) is 0. The number of halogens is 4. The Kier molecular flexibility index (Phi) is 5.66. The van der Waals surface area contributed by atoms with E-state index in [-0.39, 0.29) is 13.0 Å². The fourth-order valence-corrected chi connectivity index (χ4v) is 1.61. The van der Waals surface area contributed by atoms with Crippen LogP contribution < -0.4 is 0 Å². The van der Waals surface area contributed by atoms with Gasteiger partial charge < -0.3 is 4.74 Å². The van der Waals surface area contributed by atoms with Gasteiger partial charge in [-0.2, -0.15) is 0 Å². The molecule has 1 atom stereocenters. The molecule has 0 rings (SSSR count). The Morgan fingerprint density at radius 2 is 2.00 bits per heavy atom. The standard InChI is InChI=1S/C6H8Cl4O2/c1-4(11)12-3-5(7)2-6(8,9)10/h5H,2-3H2,1H3. The monoisotopic (exact) mass is 252 g/mol. The molecule has 0 heterocycles. The van der Waals surface area contributed by atoms with Crippen LogP contribution in [0.25, 0.3) is 0 Å². The lowest BCUT2D eigenvalue weighted by molar-refractivity contribution is -0.140. The van der Waals surface area contributed by atoms with Crippen molar-refractivity contribution in [2.75, 3.05) is 6.61 Å². The van der Waals surface area contributed by atoms with Crippen molar-refractivity contribution in [1.29, 1.82) is 0 Å². The maximum absolute atomic E-state index is 10.3. The normalized spacial score (nSPS) is 14.1. The van der Waals surface area contributed by atoms with Gasteiger partial charge in [0.25, 0.3) is 0 Å². The minimum absolute atomic E-state index is 0.0603. The van der Waals surface area contributed by atoms with E-state index in [0.29, 0.717) is 0 Å². The second-order valence-electron chi connectivity index (χ2n) is 2.22. The molecule has 0 radical (unpaired) electrons. The van der Waals surface area contributed by atoms with Crippen molar-refractivity contribution >= 4 is 52.4 Å². The zero-order valence-corrected chi connectivity index (χ0v) is 9.34. The molecule has 0 fully saturated rings. The maximum Gasteiger partial charge on any atom is 0.302 e. The van der Waals surface area contributed by atoms with Crippen LogP contribution in [0.2, 0.25) is 0 Å². The molecule has 0 spiro atoms. The van der Waals surface area contributed by atoms with Crippen molar-refractivity contribution in [2.24, 2.45) is 0 Å². The Labute approximate surface area is 91.1 Å². The van der Waals surface area contributed by atoms with Crippen LogP contribution in [0.3, 0.4) is 0 Å². The average Bonchev–Trinajstić information content (AvgIpc) is 1.79. The Morgan fingerprint density at radius 3 is 2.33 bits per heavy atom. The second-order valence-corrected chi connectivity index (χ2v) is 5.35. The van der Waals surface area contributed by atoms with E-state index in [1.54, 1.807) is 0 Å². The van der Waals surface area contributed by atoms with Gasteiger partial charge in [0.05, 0.1) is 5.38 Å². The average molecular weight is 254 g/mol. The molecule has 6 heteroatoms. The van der Waals surface area contributed by atoms with Gasteiger partial charge in [-0.1, -0.05) is 34.8 Å². The first-order chi connectivity index (χ1) is 5.31. The summed E-state index contributed by atoms with van der Waals surface area (Å²) in [5.74, 6) is -0.398. The first-order valence-corrected chi connectivity index (χ1v) is 4.72. The molecule has 0 aromatic heterocycles. The highest BCUT2D eigenvalue weighted by Crippen LogP contribution is 2.32. The van der Waals surface area contributed by atoms with Crippen molar-refractivity contribution < 1.29 is 9.53 Å². The van der Waals surface area contributed by atoms with Crippen molar-refractivity contribution in [3.05, 3.63) is 0 Å². The van der Waals surface area contributed by atoms with E-state index >= 15 is 0 Å². The molecule has 0 bridgehead atoms. The zero-order chi connectivity index (χ0) is 9.78. The summed E-state index contributed by atoms with van der Waals surface area (Å²) in [6.45, 7) is 1.35. The number of alkyl halides is 4. The minimum Gasteiger partial charge on any atom is -0.464 e. The summed E-state index contributed by atoms with van der Waals surface area (Å²) >= 11 is 22.0. The van der Waals surface area contributed by atoms with Crippen molar-refractivity contribution in [3.63, 3.8) is 0 Å². The largest absolute Gasteiger partial charge is 0.464 e. The molecular weight excluding hydrogens is 246 g/mol. The SMILES string of the molecule is CC(=O)OCC(Cl)CC(Cl)(Cl)Cl. The number of rotatable bonds is 3. The predicted octanol–water partition coefficient (Wildman–Crippen LogP) is 2.92. The highest BCUT2D eigenvalue weighted by Gasteiger charge is 2.24. The highest BCUT2D eigenvalue weighted by atomic mass is 35.6. The lowest BCUT2D eigenvalue weighted by Gasteiger charge is -2.14. The summed E-state index contributed by atoms with van der Waals surface area (Å²) in [7, 11) is 0. The Morgan fingerprint density at radius 1 is 1.50 bits per heavy atom. The van der Waals surface area contributed by atoms with E-state index in [2.05, 4.69) is 4.74 Å². The van der Waals surface area contributed by atoms with E-state index in [9.17, 15) is 4.79 Å². The molecule has 0 aromatic rings. The van der Waals surface area contributed by atoms with Crippen molar-refractivity contribution in [3.8, 4) is 0 Å². The van der Waals surface area contributed by atoms with Crippen LogP contribution in [0.1, 0.15) is 13.3 Å². The third-order valence-electron chi connectivity index (χ3n) is 0.920. The smallest absolute Gasteiger partial charge is 0.302 e. The molecule has 12 heavy (non-hydrogen) atoms. The van der Waals surface area contributed by atoms with E-state index < -0.39 is 15.1 Å². The fraction of sp³-hybridized carbons (Fsp3) is 0.833. The van der Waals surface area contributed by atoms with Gasteiger partial charge in [0.2, 0.25) is 0 Å². The summed E-state index contributed by atoms with van der Waals surface area (Å²) in [6, 6.07) is 0. The molecule has 0 aliphatic rings. The molecule has 2 nitrogen and oxygen atoms in total. The number of carbonyl (C=O) groups excluding carboxylic acids is 1. The Balaban J connectivity index is 3.60. The van der Waals surface area contributed by atoms with Gasteiger partial charge in [0.1, 0.15) is 6.61 Å². The lowest BCUT2D eigenvalue weighted by atomic mass is 10.3. The van der Waals surface area contributed by atoms with Crippen LogP contribution in [-0.4, -0.2) is 21.7 Å². The van der Waals surface area contributed by atoms with Crippen LogP contribution in [0.15, 0.2) is 0 Å². The van der Waals surface area contributed by atoms with Crippen molar-refractivity contribution in [2.45, 2.75) is 22.5 Å². The van der Waals surface area contributed by atoms with Crippen molar-refractivity contribution in [1.82, 2.24) is 0 Å². The molecular formula is C6H8Cl4O2. The van der Waals surface area contributed by atoms with Gasteiger partial charge in [0.15, 0.2) is 3.79 Å². The van der Waals surface area contributed by atoms with Gasteiger partial charge in [-0.25, -0.2) is 0 Å². The van der Waals surface area contributed by atoms with Crippen LogP contribution in [-0.2, 0) is 9.53 Å². The number of hydrogen-bond acceptors (Lipinski definition) is 2. The number of esters is 1. The van der Waals surface area contributed by atoms with Crippen LogP contribution in [0, 0.1) is 0 Å². The first kappa shape index (κ1) is 12.6. The fourth-order valence-electron chi connectivity index (χ4n) is 0.518. The van der Waals surface area contributed by atoms with E-state index in [1.165, 1.54) is 6.92 Å². The maximum atomic E-state index is 10.3. The molecule has 0 aliphatic heterocycles. The molecule has 0 saturated heterocycles. The topological polar surface area (TPSA) is 26.3 Å². The summed E-state index contributed by atoms with van der Waals surface area (Å²) in [5.41, 5.74) is 0. The van der Waals surface area contributed by atoms with Crippen LogP contribution >= 0.6 is 46.4 Å². The van der Waals surface area contributed by atoms with Crippen LogP contribution in [0.4, 0.5) is 0 Å². The summed E-state index contributed by atoms with van der Waals surface area (Å²) in [5, 5.41) is -0.471. The third-order valence-corrected chi connectivity index (χ3v) is 1.66. The van der Waals surface area contributed by atoms with Crippen LogP contribution in [0.5, 0.6) is 0 Å². The predicted molar refractivity (Wildman–Crippen MR) is 51.2 cm³/mol. The minimum atomic E-state index is -1.40. The van der Waals surface area contributed by atoms with E-state index in [4.69, 9.17) is 46.4 Å². The van der Waals surface area contributed by atoms with E-state index in [0.717, 1.165) is 0 Å². The van der Waals surface area contributed by atoms with Gasteiger partial charge in [0, 0.05) is 13.3 Å². The van der Waals surface area contributed by atoms with Gasteiger partial charge in [-0.3, -0.25) is 4.79 Å². The molecule has 0 aromatic carbocycles. The summed E-state index contributed by atoms with van der Waals surface area (Å²) in [6.07, 6.45) is 0.145. The van der Waals surface area contributed by atoms with E-state index in [1.807, 2.05) is 0 Å². The second kappa shape index (κ2) is 5.38. The molecule has 0 saturated carbocycles. The van der Waals surface area contributed by atoms with Gasteiger partial charge >= 0.3 is 5.97 Å². The molecule has 72 valence electrons. The molecule has 0 N–H and O–H groups in total. The lowest BCUT2D eigenvalue weighted by Crippen LogP contribution is -2.18. The molecule has 0 aliphatic carbocycles. The number of ether oxygens (including phenoxy) is 1. The quantitative estimate of drug-likeness (QED) is 0.571. The zero-order valence-electron chi connectivity index (χ0n) is 6.32. The Hall–Kier alpha value is 0.630. The van der Waals surface area contributed by atoms with Gasteiger partial charge in [-0.15, -0.1) is 11.6 Å². The summed E-state index contributed by atoms with van der Waals surface area (Å²) in [4.78, 5) is 10.3. The first-order valence-electron chi connectivity index (χ1n) is 3.15. The molecule has 1 unspecified atom stereocenters. The van der Waals surface area contributed by atoms with Gasteiger partial charge in [-0.05, 0) is 0 Å². The Bertz CT molecular complexity index is 154. The molecule has 0 amide bonds.